The molecule has 0 amide bonds. The van der Waals surface area contributed by atoms with E-state index in [0.717, 1.165) is 0 Å². The first-order chi connectivity index (χ1) is 11.6. The van der Waals surface area contributed by atoms with Gasteiger partial charge in [-0.1, -0.05) is 0 Å². The molecule has 8 heteroatoms. The zero-order chi connectivity index (χ0) is 17.5. The van der Waals surface area contributed by atoms with Gasteiger partial charge in [0, 0.05) is 49.5 Å². The fourth-order valence-corrected chi connectivity index (χ4v) is 2.45. The number of rotatable bonds is 9. The molecule has 0 spiro atoms. The lowest BCUT2D eigenvalue weighted by atomic mass is 10.1. The van der Waals surface area contributed by atoms with Crippen molar-refractivity contribution in [1.82, 2.24) is 4.57 Å². The minimum absolute atomic E-state index is 0.0109. The number of benzene rings is 1. The molecule has 8 nitrogen and oxygen atoms in total. The summed E-state index contributed by atoms with van der Waals surface area (Å²) in [4.78, 5) is 23.0. The molecule has 0 fully saturated rings. The molecule has 0 atom stereocenters. The molecular weight excluding hydrogens is 314 g/mol. The number of aromatic nitrogens is 1. The second-order valence-electron chi connectivity index (χ2n) is 5.14. The van der Waals surface area contributed by atoms with Crippen molar-refractivity contribution in [2.24, 2.45) is 0 Å². The molecule has 1 aromatic heterocycles. The van der Waals surface area contributed by atoms with Gasteiger partial charge in [-0.05, 0) is 13.0 Å². The van der Waals surface area contributed by atoms with Gasteiger partial charge in [0.25, 0.3) is 11.2 Å². The lowest BCUT2D eigenvalue weighted by Crippen LogP contribution is -2.23. The molecule has 0 bridgehead atoms. The van der Waals surface area contributed by atoms with Gasteiger partial charge < -0.3 is 19.4 Å². The molecule has 1 N–H and O–H groups in total. The van der Waals surface area contributed by atoms with E-state index in [4.69, 9.17) is 9.47 Å². The van der Waals surface area contributed by atoms with Crippen LogP contribution in [-0.2, 0) is 16.0 Å². The minimum atomic E-state index is -0.446. The zero-order valence-corrected chi connectivity index (χ0v) is 13.8. The van der Waals surface area contributed by atoms with Gasteiger partial charge in [-0.15, -0.1) is 0 Å². The first-order valence-electron chi connectivity index (χ1n) is 7.71. The number of anilines is 1. The van der Waals surface area contributed by atoms with Crippen LogP contribution in [0.15, 0.2) is 29.1 Å². The molecule has 2 aromatic rings. The Morgan fingerprint density at radius 2 is 2.04 bits per heavy atom. The maximum Gasteiger partial charge on any atom is 0.270 e. The van der Waals surface area contributed by atoms with Crippen LogP contribution in [0.4, 0.5) is 11.4 Å². The highest BCUT2D eigenvalue weighted by Gasteiger charge is 2.13. The van der Waals surface area contributed by atoms with Gasteiger partial charge in [0.15, 0.2) is 0 Å². The molecule has 0 aliphatic carbocycles. The van der Waals surface area contributed by atoms with Gasteiger partial charge in [-0.2, -0.15) is 0 Å². The fourth-order valence-electron chi connectivity index (χ4n) is 2.45. The van der Waals surface area contributed by atoms with Crippen molar-refractivity contribution in [3.8, 4) is 0 Å². The van der Waals surface area contributed by atoms with Crippen molar-refractivity contribution in [3.05, 3.63) is 44.7 Å². The highest BCUT2D eigenvalue weighted by molar-refractivity contribution is 5.93. The Morgan fingerprint density at radius 1 is 1.25 bits per heavy atom. The number of hydrogen-bond donors (Lipinski definition) is 1. The van der Waals surface area contributed by atoms with E-state index in [1.54, 1.807) is 17.7 Å². The number of nitro groups is 1. The van der Waals surface area contributed by atoms with E-state index in [9.17, 15) is 14.9 Å². The lowest BCUT2D eigenvalue weighted by Gasteiger charge is -2.14. The molecule has 2 rings (SSSR count). The average Bonchev–Trinajstić information content (AvgIpc) is 2.56. The van der Waals surface area contributed by atoms with Gasteiger partial charge >= 0.3 is 0 Å². The quantitative estimate of drug-likeness (QED) is 0.428. The van der Waals surface area contributed by atoms with Crippen molar-refractivity contribution < 1.29 is 14.4 Å². The number of non-ortho nitro benzene ring substituents is 1. The molecule has 24 heavy (non-hydrogen) atoms. The number of hydrogen-bond acceptors (Lipinski definition) is 6. The Balaban J connectivity index is 2.40. The standard InChI is InChI=1S/C16H21N3O5/c1-3-17-14-11-16(20)18(6-7-24-9-8-23-2)15-5-4-12(19(21)22)10-13(14)15/h4-5,10-11,17H,3,6-9H2,1-2H3. The van der Waals surface area contributed by atoms with Crippen LogP contribution in [0.25, 0.3) is 10.9 Å². The Hall–Kier alpha value is -2.45. The third kappa shape index (κ3) is 4.09. The minimum Gasteiger partial charge on any atom is -0.385 e. The van der Waals surface area contributed by atoms with Crippen LogP contribution >= 0.6 is 0 Å². The SMILES string of the molecule is CCNc1cc(=O)n(CCOCCOC)c2ccc([N+](=O)[O-])cc12. The van der Waals surface area contributed by atoms with Crippen molar-refractivity contribution in [3.63, 3.8) is 0 Å². The molecule has 0 saturated heterocycles. The average molecular weight is 335 g/mol. The smallest absolute Gasteiger partial charge is 0.270 e. The lowest BCUT2D eigenvalue weighted by molar-refractivity contribution is -0.384. The molecule has 130 valence electrons. The van der Waals surface area contributed by atoms with E-state index in [1.165, 1.54) is 18.2 Å². The number of fused-ring (bicyclic) bond motifs is 1. The first-order valence-corrected chi connectivity index (χ1v) is 7.71. The summed E-state index contributed by atoms with van der Waals surface area (Å²) in [6.45, 7) is 4.17. The normalized spacial score (nSPS) is 10.9. The van der Waals surface area contributed by atoms with Gasteiger partial charge in [-0.25, -0.2) is 0 Å². The van der Waals surface area contributed by atoms with Crippen molar-refractivity contribution in [2.45, 2.75) is 13.5 Å². The van der Waals surface area contributed by atoms with Crippen LogP contribution in [0.2, 0.25) is 0 Å². The number of nitrogens with one attached hydrogen (secondary N) is 1. The second kappa shape index (κ2) is 8.42. The summed E-state index contributed by atoms with van der Waals surface area (Å²) in [5.74, 6) is 0. The number of ether oxygens (including phenoxy) is 2. The van der Waals surface area contributed by atoms with Gasteiger partial charge in [-0.3, -0.25) is 14.9 Å². The highest BCUT2D eigenvalue weighted by atomic mass is 16.6. The van der Waals surface area contributed by atoms with E-state index >= 15 is 0 Å². The van der Waals surface area contributed by atoms with Crippen LogP contribution in [0, 0.1) is 10.1 Å². The summed E-state index contributed by atoms with van der Waals surface area (Å²) >= 11 is 0. The van der Waals surface area contributed by atoms with Crippen molar-refractivity contribution in [2.75, 3.05) is 38.8 Å². The summed E-state index contributed by atoms with van der Waals surface area (Å²) in [7, 11) is 1.59. The fraction of sp³-hybridized carbons (Fsp3) is 0.438. The van der Waals surface area contributed by atoms with Gasteiger partial charge in [0.2, 0.25) is 0 Å². The van der Waals surface area contributed by atoms with Crippen LogP contribution in [0.5, 0.6) is 0 Å². The molecule has 0 aliphatic rings. The van der Waals surface area contributed by atoms with Crippen molar-refractivity contribution in [1.29, 1.82) is 0 Å². The molecule has 0 aliphatic heterocycles. The predicted molar refractivity (Wildman–Crippen MR) is 91.7 cm³/mol. The molecule has 0 unspecified atom stereocenters. The van der Waals surface area contributed by atoms with Gasteiger partial charge in [0.05, 0.1) is 30.3 Å². The molecule has 1 heterocycles. The molecule has 0 radical (unpaired) electrons. The Bertz CT molecular complexity index is 772. The third-order valence-corrected chi connectivity index (χ3v) is 3.56. The molecule has 1 aromatic carbocycles. The number of nitro benzene ring substituents is 1. The topological polar surface area (TPSA) is 95.6 Å². The largest absolute Gasteiger partial charge is 0.385 e. The second-order valence-corrected chi connectivity index (χ2v) is 5.14. The van der Waals surface area contributed by atoms with Crippen LogP contribution in [0.1, 0.15) is 6.92 Å². The summed E-state index contributed by atoms with van der Waals surface area (Å²) in [5, 5.41) is 14.7. The summed E-state index contributed by atoms with van der Waals surface area (Å²) in [6.07, 6.45) is 0. The van der Waals surface area contributed by atoms with E-state index in [1.807, 2.05) is 6.92 Å². The Morgan fingerprint density at radius 3 is 2.71 bits per heavy atom. The molecule has 0 saturated carbocycles. The van der Waals surface area contributed by atoms with Crippen LogP contribution in [-0.4, -0.2) is 43.0 Å². The number of methoxy groups -OCH3 is 1. The van der Waals surface area contributed by atoms with E-state index in [-0.39, 0.29) is 11.2 Å². The Labute approximate surface area is 139 Å². The first kappa shape index (κ1) is 17.9. The summed E-state index contributed by atoms with van der Waals surface area (Å²) in [5.41, 5.74) is 1.04. The van der Waals surface area contributed by atoms with E-state index in [0.29, 0.717) is 49.5 Å². The predicted octanol–water partition coefficient (Wildman–Crippen LogP) is 2.00. The Kier molecular flexibility index (Phi) is 6.28. The van der Waals surface area contributed by atoms with E-state index < -0.39 is 4.92 Å². The molecular formula is C16H21N3O5. The monoisotopic (exact) mass is 335 g/mol. The highest BCUT2D eigenvalue weighted by Crippen LogP contribution is 2.26. The summed E-state index contributed by atoms with van der Waals surface area (Å²) in [6, 6.07) is 5.95. The van der Waals surface area contributed by atoms with Crippen molar-refractivity contribution >= 4 is 22.3 Å². The van der Waals surface area contributed by atoms with Crippen LogP contribution in [0.3, 0.4) is 0 Å². The van der Waals surface area contributed by atoms with Gasteiger partial charge in [0.1, 0.15) is 0 Å². The number of pyridine rings is 1. The maximum absolute atomic E-state index is 12.4. The third-order valence-electron chi connectivity index (χ3n) is 3.56. The number of nitrogens with zero attached hydrogens (tertiary/aromatic N) is 2. The van der Waals surface area contributed by atoms with E-state index in [2.05, 4.69) is 5.32 Å². The van der Waals surface area contributed by atoms with Crippen LogP contribution < -0.4 is 10.9 Å². The maximum atomic E-state index is 12.4. The zero-order valence-electron chi connectivity index (χ0n) is 13.8. The summed E-state index contributed by atoms with van der Waals surface area (Å²) < 4.78 is 11.9.